The highest BCUT2D eigenvalue weighted by molar-refractivity contribution is 7.90. The Balaban J connectivity index is 3.11. The van der Waals surface area contributed by atoms with Crippen LogP contribution in [0.2, 0.25) is 0 Å². The van der Waals surface area contributed by atoms with Crippen molar-refractivity contribution in [3.63, 3.8) is 0 Å². The average Bonchev–Trinajstić information content (AvgIpc) is 2.44. The second kappa shape index (κ2) is 7.59. The molecule has 0 aliphatic rings. The molecule has 0 saturated carbocycles. The zero-order valence-corrected chi connectivity index (χ0v) is 14.6. The minimum Gasteiger partial charge on any atom is -0.480 e. The van der Waals surface area contributed by atoms with Crippen molar-refractivity contribution in [2.45, 2.75) is 44.6 Å². The number of benzene rings is 1. The number of carbonyl (C=O) groups excluding carboxylic acids is 1. The molecule has 6 nitrogen and oxygen atoms in total. The van der Waals surface area contributed by atoms with Crippen molar-refractivity contribution >= 4 is 21.7 Å². The minimum absolute atomic E-state index is 0.100. The van der Waals surface area contributed by atoms with Crippen LogP contribution in [0.4, 0.5) is 0 Å². The molecule has 128 valence electrons. The van der Waals surface area contributed by atoms with Crippen molar-refractivity contribution in [1.82, 2.24) is 5.32 Å². The highest BCUT2D eigenvalue weighted by atomic mass is 32.2. The quantitative estimate of drug-likeness (QED) is 0.788. The van der Waals surface area contributed by atoms with E-state index in [0.717, 1.165) is 6.26 Å². The van der Waals surface area contributed by atoms with Gasteiger partial charge in [-0.25, -0.2) is 13.2 Å². The molecule has 2 N–H and O–H groups in total. The Morgan fingerprint density at radius 3 is 2.30 bits per heavy atom. The van der Waals surface area contributed by atoms with E-state index in [2.05, 4.69) is 5.32 Å². The van der Waals surface area contributed by atoms with Gasteiger partial charge in [0.25, 0.3) is 5.91 Å². The van der Waals surface area contributed by atoms with Crippen molar-refractivity contribution < 1.29 is 23.1 Å². The van der Waals surface area contributed by atoms with E-state index in [9.17, 15) is 23.1 Å². The Bertz CT molecular complexity index is 694. The van der Waals surface area contributed by atoms with Crippen LogP contribution < -0.4 is 5.32 Å². The first-order valence-corrected chi connectivity index (χ1v) is 9.32. The molecule has 0 heterocycles. The Labute approximate surface area is 136 Å². The van der Waals surface area contributed by atoms with Gasteiger partial charge in [-0.05, 0) is 36.5 Å². The molecule has 0 saturated heterocycles. The molecule has 1 atom stereocenters. The summed E-state index contributed by atoms with van der Waals surface area (Å²) in [5.74, 6) is -1.60. The molecular weight excluding hydrogens is 318 g/mol. The monoisotopic (exact) mass is 341 g/mol. The number of carboxylic acids is 1. The molecular formula is C16H23NO5S. The van der Waals surface area contributed by atoms with E-state index < -0.39 is 27.8 Å². The molecule has 23 heavy (non-hydrogen) atoms. The molecule has 0 radical (unpaired) electrons. The predicted molar refractivity (Wildman–Crippen MR) is 87.3 cm³/mol. The summed E-state index contributed by atoms with van der Waals surface area (Å²) in [6, 6.07) is 3.40. The zero-order valence-electron chi connectivity index (χ0n) is 13.8. The van der Waals surface area contributed by atoms with Gasteiger partial charge in [0.1, 0.15) is 6.04 Å². The largest absolute Gasteiger partial charge is 0.480 e. The lowest BCUT2D eigenvalue weighted by Crippen LogP contribution is -2.41. The number of sulfone groups is 1. The van der Waals surface area contributed by atoms with Gasteiger partial charge < -0.3 is 10.4 Å². The van der Waals surface area contributed by atoms with Crippen molar-refractivity contribution in [2.24, 2.45) is 5.92 Å². The predicted octanol–water partition coefficient (Wildman–Crippen LogP) is 1.88. The van der Waals surface area contributed by atoms with Gasteiger partial charge in [0.05, 0.1) is 4.90 Å². The molecule has 1 amide bonds. The van der Waals surface area contributed by atoms with Crippen molar-refractivity contribution in [3.05, 3.63) is 29.3 Å². The fourth-order valence-corrected chi connectivity index (χ4v) is 3.30. The number of hydrogen-bond donors (Lipinski definition) is 2. The maximum atomic E-state index is 12.3. The molecule has 0 fully saturated rings. The number of carboxylic acid groups (broad SMARTS) is 1. The summed E-state index contributed by atoms with van der Waals surface area (Å²) >= 11 is 0. The van der Waals surface area contributed by atoms with Gasteiger partial charge >= 0.3 is 5.97 Å². The fourth-order valence-electron chi connectivity index (χ4n) is 2.27. The lowest BCUT2D eigenvalue weighted by atomic mass is 10.0. The van der Waals surface area contributed by atoms with Crippen LogP contribution in [0.15, 0.2) is 23.1 Å². The Morgan fingerprint density at radius 2 is 1.87 bits per heavy atom. The van der Waals surface area contributed by atoms with Gasteiger partial charge in [-0.2, -0.15) is 0 Å². The van der Waals surface area contributed by atoms with Crippen LogP contribution in [0, 0.1) is 5.92 Å². The highest BCUT2D eigenvalue weighted by Crippen LogP contribution is 2.19. The smallest absolute Gasteiger partial charge is 0.326 e. The molecule has 0 aliphatic heterocycles. The summed E-state index contributed by atoms with van der Waals surface area (Å²) in [5.41, 5.74) is 0.763. The molecule has 0 aliphatic carbocycles. The number of carbonyl (C=O) groups is 2. The van der Waals surface area contributed by atoms with Crippen LogP contribution >= 0.6 is 0 Å². The van der Waals surface area contributed by atoms with E-state index in [-0.39, 0.29) is 16.4 Å². The Morgan fingerprint density at radius 1 is 1.26 bits per heavy atom. The van der Waals surface area contributed by atoms with Crippen molar-refractivity contribution in [2.75, 3.05) is 6.26 Å². The van der Waals surface area contributed by atoms with Gasteiger partial charge in [0.15, 0.2) is 9.84 Å². The molecule has 1 aromatic carbocycles. The van der Waals surface area contributed by atoms with Crippen LogP contribution in [0.25, 0.3) is 0 Å². The molecule has 0 bridgehead atoms. The third-order valence-electron chi connectivity index (χ3n) is 3.42. The van der Waals surface area contributed by atoms with E-state index in [0.29, 0.717) is 18.4 Å². The SMILES string of the molecule is CCc1ccc(C(=O)N[C@H](CC(C)C)C(=O)O)cc1S(C)(=O)=O. The lowest BCUT2D eigenvalue weighted by molar-refractivity contribution is -0.139. The molecule has 1 rings (SSSR count). The van der Waals surface area contributed by atoms with Crippen LogP contribution in [-0.2, 0) is 21.1 Å². The maximum absolute atomic E-state index is 12.3. The Hall–Kier alpha value is -1.89. The molecule has 1 aromatic rings. The van der Waals surface area contributed by atoms with Gasteiger partial charge in [0, 0.05) is 11.8 Å². The lowest BCUT2D eigenvalue weighted by Gasteiger charge is -2.17. The summed E-state index contributed by atoms with van der Waals surface area (Å²) in [6.45, 7) is 5.55. The topological polar surface area (TPSA) is 101 Å². The number of amides is 1. The summed E-state index contributed by atoms with van der Waals surface area (Å²) in [7, 11) is -3.46. The summed E-state index contributed by atoms with van der Waals surface area (Å²) < 4.78 is 23.7. The van der Waals surface area contributed by atoms with Crippen LogP contribution in [0.3, 0.4) is 0 Å². The molecule has 7 heteroatoms. The first-order chi connectivity index (χ1) is 10.6. The number of nitrogens with one attached hydrogen (secondary N) is 1. The van der Waals surface area contributed by atoms with Gasteiger partial charge in [-0.3, -0.25) is 4.79 Å². The first-order valence-electron chi connectivity index (χ1n) is 7.42. The van der Waals surface area contributed by atoms with Gasteiger partial charge in [-0.15, -0.1) is 0 Å². The number of rotatable bonds is 7. The third kappa shape index (κ3) is 5.35. The zero-order chi connectivity index (χ0) is 17.8. The standard InChI is InChI=1S/C16H23NO5S/c1-5-11-6-7-12(9-14(11)23(4,21)22)15(18)17-13(16(19)20)8-10(2)3/h6-7,9-10,13H,5,8H2,1-4H3,(H,17,18)(H,19,20)/t13-/m1/s1. The number of aryl methyl sites for hydroxylation is 1. The van der Waals surface area contributed by atoms with Crippen molar-refractivity contribution in [1.29, 1.82) is 0 Å². The fraction of sp³-hybridized carbons (Fsp3) is 0.500. The number of hydrogen-bond acceptors (Lipinski definition) is 4. The molecule has 0 spiro atoms. The minimum atomic E-state index is -3.46. The van der Waals surface area contributed by atoms with E-state index in [1.54, 1.807) is 6.07 Å². The maximum Gasteiger partial charge on any atom is 0.326 e. The van der Waals surface area contributed by atoms with Gasteiger partial charge in [0.2, 0.25) is 0 Å². The molecule has 0 unspecified atom stereocenters. The highest BCUT2D eigenvalue weighted by Gasteiger charge is 2.23. The van der Waals surface area contributed by atoms with Gasteiger partial charge in [-0.1, -0.05) is 26.8 Å². The third-order valence-corrected chi connectivity index (χ3v) is 4.60. The second-order valence-electron chi connectivity index (χ2n) is 5.94. The summed E-state index contributed by atoms with van der Waals surface area (Å²) in [4.78, 5) is 23.6. The van der Waals surface area contributed by atoms with Crippen LogP contribution in [0.5, 0.6) is 0 Å². The number of aliphatic carboxylic acids is 1. The van der Waals surface area contributed by atoms with Crippen LogP contribution in [0.1, 0.15) is 43.1 Å². The molecule has 0 aromatic heterocycles. The van der Waals surface area contributed by atoms with Crippen molar-refractivity contribution in [3.8, 4) is 0 Å². The average molecular weight is 341 g/mol. The first kappa shape index (κ1) is 19.2. The summed E-state index contributed by atoms with van der Waals surface area (Å²) in [6.07, 6.45) is 1.91. The van der Waals surface area contributed by atoms with E-state index >= 15 is 0 Å². The summed E-state index contributed by atoms with van der Waals surface area (Å²) in [5, 5.41) is 11.6. The van der Waals surface area contributed by atoms with Crippen LogP contribution in [-0.4, -0.2) is 37.7 Å². The van der Waals surface area contributed by atoms with E-state index in [4.69, 9.17) is 0 Å². The Kier molecular flexibility index (Phi) is 6.32. The van der Waals surface area contributed by atoms with E-state index in [1.165, 1.54) is 12.1 Å². The normalized spacial score (nSPS) is 12.9. The van der Waals surface area contributed by atoms with E-state index in [1.807, 2.05) is 20.8 Å². The second-order valence-corrected chi connectivity index (χ2v) is 7.93.